The first kappa shape index (κ1) is 13.7. The molecule has 0 aromatic carbocycles. The average Bonchev–Trinajstić information content (AvgIpc) is 2.48. The second kappa shape index (κ2) is 4.90. The molecule has 5 nitrogen and oxygen atoms in total. The lowest BCUT2D eigenvalue weighted by atomic mass is 10.1. The summed E-state index contributed by atoms with van der Waals surface area (Å²) in [6, 6.07) is 2.18. The highest BCUT2D eigenvalue weighted by Crippen LogP contribution is 2.31. The third-order valence-corrected chi connectivity index (χ3v) is 3.20. The standard InChI is InChI=1S/C11H19N3O2Si/c1-8-10(11(15-3)14(2)13-8)9(7-12)16-17(4,5)6/h9H,1-6H3. The number of methoxy groups -OCH3 is 1. The lowest BCUT2D eigenvalue weighted by Gasteiger charge is -2.21. The smallest absolute Gasteiger partial charge is 0.218 e. The lowest BCUT2D eigenvalue weighted by Crippen LogP contribution is -2.27. The van der Waals surface area contributed by atoms with E-state index in [1.807, 2.05) is 6.92 Å². The van der Waals surface area contributed by atoms with E-state index in [1.165, 1.54) is 0 Å². The van der Waals surface area contributed by atoms with Gasteiger partial charge in [-0.05, 0) is 26.6 Å². The Morgan fingerprint density at radius 1 is 1.41 bits per heavy atom. The number of hydrogen-bond acceptors (Lipinski definition) is 4. The van der Waals surface area contributed by atoms with Crippen molar-refractivity contribution in [2.24, 2.45) is 7.05 Å². The lowest BCUT2D eigenvalue weighted by molar-refractivity contribution is 0.246. The Kier molecular flexibility index (Phi) is 3.96. The molecule has 0 amide bonds. The number of ether oxygens (including phenoxy) is 1. The summed E-state index contributed by atoms with van der Waals surface area (Å²) in [5, 5.41) is 13.5. The van der Waals surface area contributed by atoms with Gasteiger partial charge in [0, 0.05) is 7.05 Å². The van der Waals surface area contributed by atoms with Gasteiger partial charge >= 0.3 is 0 Å². The van der Waals surface area contributed by atoms with Gasteiger partial charge in [0.1, 0.15) is 0 Å². The molecule has 0 fully saturated rings. The maximum Gasteiger partial charge on any atom is 0.218 e. The predicted octanol–water partition coefficient (Wildman–Crippen LogP) is 2.15. The fraction of sp³-hybridized carbons (Fsp3) is 0.636. The molecule has 0 radical (unpaired) electrons. The van der Waals surface area contributed by atoms with E-state index in [2.05, 4.69) is 30.8 Å². The van der Waals surface area contributed by atoms with E-state index < -0.39 is 14.4 Å². The zero-order valence-corrected chi connectivity index (χ0v) is 12.2. The normalized spacial score (nSPS) is 13.2. The molecular formula is C11H19N3O2Si. The molecule has 0 bridgehead atoms. The summed E-state index contributed by atoms with van der Waals surface area (Å²) in [7, 11) is 1.57. The van der Waals surface area contributed by atoms with Crippen LogP contribution in [0.1, 0.15) is 17.4 Å². The molecule has 1 atom stereocenters. The molecule has 0 spiro atoms. The highest BCUT2D eigenvalue weighted by atomic mass is 28.4. The second-order valence-corrected chi connectivity index (χ2v) is 9.33. The molecule has 1 aromatic heterocycles. The average molecular weight is 253 g/mol. The van der Waals surface area contributed by atoms with Gasteiger partial charge in [0.25, 0.3) is 0 Å². The fourth-order valence-electron chi connectivity index (χ4n) is 1.70. The van der Waals surface area contributed by atoms with Gasteiger partial charge in [-0.3, -0.25) is 0 Å². The molecular weight excluding hydrogens is 234 g/mol. The Morgan fingerprint density at radius 3 is 2.41 bits per heavy atom. The molecule has 17 heavy (non-hydrogen) atoms. The van der Waals surface area contributed by atoms with E-state index >= 15 is 0 Å². The van der Waals surface area contributed by atoms with Gasteiger partial charge in [0.05, 0.1) is 24.4 Å². The van der Waals surface area contributed by atoms with Crippen LogP contribution in [0, 0.1) is 18.3 Å². The van der Waals surface area contributed by atoms with Crippen LogP contribution in [0.4, 0.5) is 0 Å². The van der Waals surface area contributed by atoms with E-state index in [0.29, 0.717) is 5.88 Å². The van der Waals surface area contributed by atoms with Gasteiger partial charge in [0.2, 0.25) is 5.88 Å². The number of nitrogens with zero attached hydrogens (tertiary/aromatic N) is 3. The summed E-state index contributed by atoms with van der Waals surface area (Å²) in [5.41, 5.74) is 1.51. The van der Waals surface area contributed by atoms with Crippen molar-refractivity contribution in [2.75, 3.05) is 7.11 Å². The molecule has 0 saturated carbocycles. The molecule has 0 aliphatic rings. The zero-order valence-electron chi connectivity index (χ0n) is 11.2. The Bertz CT molecular complexity index is 443. The van der Waals surface area contributed by atoms with Crippen molar-refractivity contribution in [1.29, 1.82) is 5.26 Å². The number of hydrogen-bond donors (Lipinski definition) is 0. The quantitative estimate of drug-likeness (QED) is 0.771. The van der Waals surface area contributed by atoms with E-state index in [9.17, 15) is 5.26 Å². The van der Waals surface area contributed by atoms with Crippen molar-refractivity contribution in [3.8, 4) is 11.9 Å². The maximum atomic E-state index is 9.25. The molecule has 6 heteroatoms. The van der Waals surface area contributed by atoms with E-state index in [0.717, 1.165) is 11.3 Å². The molecule has 94 valence electrons. The highest BCUT2D eigenvalue weighted by molar-refractivity contribution is 6.69. The minimum atomic E-state index is -1.79. The summed E-state index contributed by atoms with van der Waals surface area (Å²) < 4.78 is 12.8. The van der Waals surface area contributed by atoms with Crippen molar-refractivity contribution >= 4 is 8.32 Å². The van der Waals surface area contributed by atoms with Crippen LogP contribution in [0.15, 0.2) is 0 Å². The SMILES string of the molecule is COc1c(C(C#N)O[Si](C)(C)C)c(C)nn1C. The van der Waals surface area contributed by atoms with Crippen LogP contribution >= 0.6 is 0 Å². The molecule has 1 rings (SSSR count). The monoisotopic (exact) mass is 253 g/mol. The number of aromatic nitrogens is 2. The molecule has 0 N–H and O–H groups in total. The summed E-state index contributed by atoms with van der Waals surface area (Å²) >= 11 is 0. The molecule has 1 unspecified atom stereocenters. The maximum absolute atomic E-state index is 9.25. The summed E-state index contributed by atoms with van der Waals surface area (Å²) in [6.45, 7) is 8.01. The van der Waals surface area contributed by atoms with Crippen LogP contribution in [0.5, 0.6) is 5.88 Å². The minimum absolute atomic E-state index is 0.590. The van der Waals surface area contributed by atoms with Crippen LogP contribution in [-0.2, 0) is 11.5 Å². The second-order valence-electron chi connectivity index (χ2n) is 4.87. The first-order valence-electron chi connectivity index (χ1n) is 5.45. The number of aryl methyl sites for hydroxylation is 2. The van der Waals surface area contributed by atoms with Crippen LogP contribution in [0.3, 0.4) is 0 Å². The Morgan fingerprint density at radius 2 is 2.00 bits per heavy atom. The Balaban J connectivity index is 3.17. The van der Waals surface area contributed by atoms with Gasteiger partial charge in [-0.1, -0.05) is 0 Å². The predicted molar refractivity (Wildman–Crippen MR) is 67.3 cm³/mol. The third kappa shape index (κ3) is 3.08. The van der Waals surface area contributed by atoms with E-state index in [1.54, 1.807) is 18.8 Å². The van der Waals surface area contributed by atoms with Crippen molar-refractivity contribution in [2.45, 2.75) is 32.7 Å². The summed E-state index contributed by atoms with van der Waals surface area (Å²) in [5.74, 6) is 0.590. The summed E-state index contributed by atoms with van der Waals surface area (Å²) in [6.07, 6.45) is -0.606. The fourth-order valence-corrected chi connectivity index (χ4v) is 2.58. The van der Waals surface area contributed by atoms with Gasteiger partial charge in [0.15, 0.2) is 14.4 Å². The van der Waals surface area contributed by atoms with Crippen LogP contribution in [0.2, 0.25) is 19.6 Å². The Labute approximate surface area is 103 Å². The third-order valence-electron chi connectivity index (χ3n) is 2.26. The zero-order chi connectivity index (χ0) is 13.2. The van der Waals surface area contributed by atoms with Crippen LogP contribution in [0.25, 0.3) is 0 Å². The van der Waals surface area contributed by atoms with Gasteiger partial charge in [-0.15, -0.1) is 0 Å². The molecule has 0 aliphatic carbocycles. The van der Waals surface area contributed by atoms with Crippen molar-refractivity contribution in [1.82, 2.24) is 9.78 Å². The van der Waals surface area contributed by atoms with Crippen molar-refractivity contribution < 1.29 is 9.16 Å². The van der Waals surface area contributed by atoms with Crippen molar-refractivity contribution in [3.63, 3.8) is 0 Å². The van der Waals surface area contributed by atoms with Gasteiger partial charge in [-0.2, -0.15) is 10.4 Å². The van der Waals surface area contributed by atoms with Gasteiger partial charge in [-0.25, -0.2) is 4.68 Å². The molecule has 1 aromatic rings. The molecule has 0 aliphatic heterocycles. The highest BCUT2D eigenvalue weighted by Gasteiger charge is 2.28. The molecule has 0 saturated heterocycles. The van der Waals surface area contributed by atoms with E-state index in [4.69, 9.17) is 9.16 Å². The minimum Gasteiger partial charge on any atom is -0.481 e. The topological polar surface area (TPSA) is 60.1 Å². The Hall–Kier alpha value is -1.32. The number of rotatable bonds is 4. The van der Waals surface area contributed by atoms with E-state index in [-0.39, 0.29) is 0 Å². The van der Waals surface area contributed by atoms with Crippen LogP contribution in [-0.4, -0.2) is 25.2 Å². The van der Waals surface area contributed by atoms with Crippen molar-refractivity contribution in [3.05, 3.63) is 11.3 Å². The van der Waals surface area contributed by atoms with Crippen LogP contribution < -0.4 is 4.74 Å². The number of nitriles is 1. The first-order valence-corrected chi connectivity index (χ1v) is 8.86. The molecule has 1 heterocycles. The summed E-state index contributed by atoms with van der Waals surface area (Å²) in [4.78, 5) is 0. The first-order chi connectivity index (χ1) is 7.80. The largest absolute Gasteiger partial charge is 0.481 e. The van der Waals surface area contributed by atoms with Gasteiger partial charge < -0.3 is 9.16 Å².